The molecule has 0 saturated carbocycles. The summed E-state index contributed by atoms with van der Waals surface area (Å²) < 4.78 is 10.4. The Morgan fingerprint density at radius 2 is 1.77 bits per heavy atom. The van der Waals surface area contributed by atoms with Crippen LogP contribution in [0.5, 0.6) is 5.75 Å². The van der Waals surface area contributed by atoms with Gasteiger partial charge in [0.05, 0.1) is 12.7 Å². The van der Waals surface area contributed by atoms with Crippen LogP contribution in [0.1, 0.15) is 44.0 Å². The van der Waals surface area contributed by atoms with Gasteiger partial charge in [-0.2, -0.15) is 0 Å². The molecule has 2 rings (SSSR count). The van der Waals surface area contributed by atoms with E-state index in [0.29, 0.717) is 48.8 Å². The zero-order valence-electron chi connectivity index (χ0n) is 17.9. The van der Waals surface area contributed by atoms with Gasteiger partial charge < -0.3 is 25.0 Å². The second-order valence-electron chi connectivity index (χ2n) is 8.13. The van der Waals surface area contributed by atoms with Gasteiger partial charge in [0.1, 0.15) is 11.4 Å². The Hall–Kier alpha value is -2.48. The number of alkyl carbamates (subject to hydrolysis) is 1. The molecule has 9 heteroatoms. The second-order valence-corrected chi connectivity index (χ2v) is 8.57. The lowest BCUT2D eigenvalue weighted by atomic mass is 9.95. The highest BCUT2D eigenvalue weighted by Gasteiger charge is 2.29. The third-order valence-corrected chi connectivity index (χ3v) is 4.87. The first-order chi connectivity index (χ1) is 14.1. The maximum Gasteiger partial charge on any atom is 0.407 e. The number of likely N-dealkylation sites (tertiary alicyclic amines) is 1. The Kier molecular flexibility index (Phi) is 8.34. The molecule has 0 atom stereocenters. The number of carbonyl (C=O) groups excluding carboxylic acids is 3. The van der Waals surface area contributed by atoms with Crippen molar-refractivity contribution in [3.63, 3.8) is 0 Å². The monoisotopic (exact) mass is 439 g/mol. The van der Waals surface area contributed by atoms with E-state index in [2.05, 4.69) is 10.6 Å². The number of carbonyl (C=O) groups is 3. The van der Waals surface area contributed by atoms with Crippen molar-refractivity contribution in [1.82, 2.24) is 15.5 Å². The van der Waals surface area contributed by atoms with Gasteiger partial charge in [-0.25, -0.2) is 4.79 Å². The van der Waals surface area contributed by atoms with Gasteiger partial charge in [-0.3, -0.25) is 9.59 Å². The van der Waals surface area contributed by atoms with Crippen LogP contribution in [0.25, 0.3) is 0 Å². The number of hydrogen-bond donors (Lipinski definition) is 2. The van der Waals surface area contributed by atoms with Crippen molar-refractivity contribution >= 4 is 29.5 Å². The first kappa shape index (κ1) is 23.8. The average Bonchev–Trinajstić information content (AvgIpc) is 2.69. The molecule has 2 N–H and O–H groups in total. The van der Waals surface area contributed by atoms with Crippen molar-refractivity contribution in [2.45, 2.75) is 39.2 Å². The van der Waals surface area contributed by atoms with Gasteiger partial charge >= 0.3 is 6.09 Å². The summed E-state index contributed by atoms with van der Waals surface area (Å²) in [5.41, 5.74) is -0.144. The fourth-order valence-electron chi connectivity index (χ4n) is 3.17. The van der Waals surface area contributed by atoms with Crippen molar-refractivity contribution in [1.29, 1.82) is 0 Å². The summed E-state index contributed by atoms with van der Waals surface area (Å²) in [4.78, 5) is 38.5. The van der Waals surface area contributed by atoms with Crippen molar-refractivity contribution in [2.24, 2.45) is 5.92 Å². The van der Waals surface area contributed by atoms with Crippen molar-refractivity contribution in [3.05, 3.63) is 28.8 Å². The molecule has 1 aromatic rings. The second kappa shape index (κ2) is 10.5. The van der Waals surface area contributed by atoms with E-state index in [0.717, 1.165) is 0 Å². The van der Waals surface area contributed by atoms with E-state index in [1.54, 1.807) is 43.9 Å². The van der Waals surface area contributed by atoms with Gasteiger partial charge in [0.25, 0.3) is 5.91 Å². The molecule has 0 aliphatic carbocycles. The number of ether oxygens (including phenoxy) is 2. The smallest absolute Gasteiger partial charge is 0.407 e. The lowest BCUT2D eigenvalue weighted by Crippen LogP contribution is -2.44. The molecule has 8 nitrogen and oxygen atoms in total. The van der Waals surface area contributed by atoms with Gasteiger partial charge in [0.15, 0.2) is 0 Å². The molecule has 1 aliphatic rings. The summed E-state index contributed by atoms with van der Waals surface area (Å²) in [6.07, 6.45) is 0.625. The zero-order chi connectivity index (χ0) is 22.3. The summed E-state index contributed by atoms with van der Waals surface area (Å²) in [5, 5.41) is 5.89. The third-order valence-electron chi connectivity index (χ3n) is 4.64. The molecule has 1 saturated heterocycles. The van der Waals surface area contributed by atoms with Crippen LogP contribution in [0, 0.1) is 5.92 Å². The Morgan fingerprint density at radius 1 is 1.13 bits per heavy atom. The summed E-state index contributed by atoms with van der Waals surface area (Å²) >= 11 is 6.02. The average molecular weight is 440 g/mol. The molecule has 1 aliphatic heterocycles. The number of halogens is 1. The zero-order valence-corrected chi connectivity index (χ0v) is 18.7. The molecule has 0 radical (unpaired) electrons. The van der Waals surface area contributed by atoms with E-state index >= 15 is 0 Å². The first-order valence-electron chi connectivity index (χ1n) is 9.98. The minimum absolute atomic E-state index is 0.0755. The van der Waals surface area contributed by atoms with Crippen LogP contribution in [-0.4, -0.2) is 61.7 Å². The minimum atomic E-state index is -0.562. The molecule has 0 unspecified atom stereocenters. The summed E-state index contributed by atoms with van der Waals surface area (Å²) in [5.74, 6) is 0.0711. The standard InChI is InChI=1S/C21H30ClN3O5/c1-21(2,3)30-20(28)24-10-9-23-18(26)14-7-11-25(12-8-14)19(27)16-13-15(22)5-6-17(16)29-4/h5-6,13-14H,7-12H2,1-4H3,(H,23,26)(H,24,28). The predicted molar refractivity (Wildman–Crippen MR) is 114 cm³/mol. The predicted octanol–water partition coefficient (Wildman–Crippen LogP) is 2.84. The minimum Gasteiger partial charge on any atom is -0.496 e. The Morgan fingerprint density at radius 3 is 2.37 bits per heavy atom. The number of piperidine rings is 1. The summed E-state index contributed by atoms with van der Waals surface area (Å²) in [6, 6.07) is 4.94. The van der Waals surface area contributed by atoms with Crippen LogP contribution in [0.4, 0.5) is 4.79 Å². The topological polar surface area (TPSA) is 97.0 Å². The lowest BCUT2D eigenvalue weighted by molar-refractivity contribution is -0.126. The first-order valence-corrected chi connectivity index (χ1v) is 10.4. The van der Waals surface area contributed by atoms with E-state index in [1.807, 2.05) is 0 Å². The number of nitrogens with one attached hydrogen (secondary N) is 2. The highest BCUT2D eigenvalue weighted by molar-refractivity contribution is 6.31. The van der Waals surface area contributed by atoms with E-state index in [-0.39, 0.29) is 24.3 Å². The summed E-state index contributed by atoms with van der Waals surface area (Å²) in [6.45, 7) is 6.91. The number of hydrogen-bond acceptors (Lipinski definition) is 5. The van der Waals surface area contributed by atoms with E-state index in [9.17, 15) is 14.4 Å². The molecule has 0 spiro atoms. The molecule has 166 valence electrons. The fourth-order valence-corrected chi connectivity index (χ4v) is 3.34. The molecule has 1 aromatic carbocycles. The molecule has 0 aromatic heterocycles. The Labute approximate surface area is 182 Å². The number of rotatable bonds is 6. The number of methoxy groups -OCH3 is 1. The van der Waals surface area contributed by atoms with Crippen molar-refractivity contribution in [3.8, 4) is 5.75 Å². The third kappa shape index (κ3) is 7.09. The lowest BCUT2D eigenvalue weighted by Gasteiger charge is -2.31. The van der Waals surface area contributed by atoms with Gasteiger partial charge in [0.2, 0.25) is 5.91 Å². The number of amides is 3. The molecule has 1 heterocycles. The van der Waals surface area contributed by atoms with E-state index in [1.165, 1.54) is 7.11 Å². The van der Waals surface area contributed by atoms with Crippen LogP contribution >= 0.6 is 11.6 Å². The highest BCUT2D eigenvalue weighted by atomic mass is 35.5. The highest BCUT2D eigenvalue weighted by Crippen LogP contribution is 2.26. The Bertz CT molecular complexity index is 770. The van der Waals surface area contributed by atoms with Crippen molar-refractivity contribution < 1.29 is 23.9 Å². The quantitative estimate of drug-likeness (QED) is 0.664. The van der Waals surface area contributed by atoms with Crippen LogP contribution in [0.2, 0.25) is 5.02 Å². The maximum absolute atomic E-state index is 12.8. The molecule has 1 fully saturated rings. The molecular formula is C21H30ClN3O5. The normalized spacial score (nSPS) is 14.8. The Balaban J connectivity index is 1.76. The summed E-state index contributed by atoms with van der Waals surface area (Å²) in [7, 11) is 1.51. The van der Waals surface area contributed by atoms with Crippen LogP contribution in [0.15, 0.2) is 18.2 Å². The van der Waals surface area contributed by atoms with Gasteiger partial charge in [0, 0.05) is 37.1 Å². The van der Waals surface area contributed by atoms with Crippen LogP contribution in [-0.2, 0) is 9.53 Å². The van der Waals surface area contributed by atoms with Crippen LogP contribution in [0.3, 0.4) is 0 Å². The molecule has 3 amide bonds. The molecule has 0 bridgehead atoms. The fraction of sp³-hybridized carbons (Fsp3) is 0.571. The van der Waals surface area contributed by atoms with Crippen molar-refractivity contribution in [2.75, 3.05) is 33.3 Å². The van der Waals surface area contributed by atoms with E-state index < -0.39 is 11.7 Å². The van der Waals surface area contributed by atoms with Gasteiger partial charge in [-0.05, 0) is 51.8 Å². The number of benzene rings is 1. The largest absolute Gasteiger partial charge is 0.496 e. The number of nitrogens with zero attached hydrogens (tertiary/aromatic N) is 1. The SMILES string of the molecule is COc1ccc(Cl)cc1C(=O)N1CCC(C(=O)NCCNC(=O)OC(C)(C)C)CC1. The molecular weight excluding hydrogens is 410 g/mol. The van der Waals surface area contributed by atoms with Gasteiger partial charge in [-0.1, -0.05) is 11.6 Å². The molecule has 30 heavy (non-hydrogen) atoms. The van der Waals surface area contributed by atoms with E-state index in [4.69, 9.17) is 21.1 Å². The maximum atomic E-state index is 12.8. The van der Waals surface area contributed by atoms with Crippen LogP contribution < -0.4 is 15.4 Å². The van der Waals surface area contributed by atoms with Gasteiger partial charge in [-0.15, -0.1) is 0 Å².